The minimum Gasteiger partial charge on any atom is -0.491 e. The van der Waals surface area contributed by atoms with Gasteiger partial charge in [0.1, 0.15) is 12.4 Å². The number of nitrogens with one attached hydrogen (secondary N) is 1. The maximum absolute atomic E-state index is 11.6. The fourth-order valence-corrected chi connectivity index (χ4v) is 1.42. The molecule has 3 N–H and O–H groups in total. The first-order chi connectivity index (χ1) is 9.06. The van der Waals surface area contributed by atoms with Gasteiger partial charge in [-0.15, -0.1) is 0 Å². The summed E-state index contributed by atoms with van der Waals surface area (Å²) in [6.45, 7) is 4.07. The summed E-state index contributed by atoms with van der Waals surface area (Å²) in [4.78, 5) is 11.6. The van der Waals surface area contributed by atoms with Crippen molar-refractivity contribution in [1.29, 1.82) is 5.26 Å². The maximum Gasteiger partial charge on any atom is 0.237 e. The van der Waals surface area contributed by atoms with E-state index in [-0.39, 0.29) is 11.9 Å². The Labute approximate surface area is 113 Å². The predicted molar refractivity (Wildman–Crippen MR) is 72.5 cm³/mol. The second-order valence-corrected chi connectivity index (χ2v) is 4.37. The van der Waals surface area contributed by atoms with E-state index in [2.05, 4.69) is 5.32 Å². The largest absolute Gasteiger partial charge is 0.491 e. The van der Waals surface area contributed by atoms with Crippen LogP contribution in [0.15, 0.2) is 24.3 Å². The SMILES string of the molecule is CCC(N)C(=O)NC(C)COc1ccc(C#N)cc1. The lowest BCUT2D eigenvalue weighted by molar-refractivity contribution is -0.123. The molecule has 0 spiro atoms. The fraction of sp³-hybridized carbons (Fsp3) is 0.429. The molecule has 1 rings (SSSR count). The van der Waals surface area contributed by atoms with Crippen molar-refractivity contribution in [1.82, 2.24) is 5.32 Å². The molecule has 19 heavy (non-hydrogen) atoms. The van der Waals surface area contributed by atoms with Gasteiger partial charge in [0.25, 0.3) is 0 Å². The van der Waals surface area contributed by atoms with E-state index in [0.29, 0.717) is 24.3 Å². The summed E-state index contributed by atoms with van der Waals surface area (Å²) in [5.74, 6) is 0.498. The first-order valence-electron chi connectivity index (χ1n) is 6.25. The van der Waals surface area contributed by atoms with Gasteiger partial charge in [-0.05, 0) is 37.6 Å². The van der Waals surface area contributed by atoms with Crippen molar-refractivity contribution in [2.24, 2.45) is 5.73 Å². The summed E-state index contributed by atoms with van der Waals surface area (Å²) in [7, 11) is 0. The minimum atomic E-state index is -0.475. The van der Waals surface area contributed by atoms with E-state index >= 15 is 0 Å². The average molecular weight is 261 g/mol. The van der Waals surface area contributed by atoms with Crippen LogP contribution in [-0.2, 0) is 4.79 Å². The molecule has 1 aromatic carbocycles. The van der Waals surface area contributed by atoms with E-state index in [4.69, 9.17) is 15.7 Å². The van der Waals surface area contributed by atoms with Crippen LogP contribution in [0.2, 0.25) is 0 Å². The molecule has 1 aromatic rings. The van der Waals surface area contributed by atoms with E-state index in [1.54, 1.807) is 24.3 Å². The van der Waals surface area contributed by atoms with Crippen LogP contribution < -0.4 is 15.8 Å². The number of rotatable bonds is 6. The van der Waals surface area contributed by atoms with Crippen molar-refractivity contribution >= 4 is 5.91 Å². The van der Waals surface area contributed by atoms with Crippen LogP contribution >= 0.6 is 0 Å². The molecule has 0 saturated carbocycles. The zero-order chi connectivity index (χ0) is 14.3. The molecule has 0 saturated heterocycles. The molecular formula is C14H19N3O2. The molecule has 102 valence electrons. The average Bonchev–Trinajstić information content (AvgIpc) is 2.44. The fourth-order valence-electron chi connectivity index (χ4n) is 1.42. The van der Waals surface area contributed by atoms with E-state index in [9.17, 15) is 4.79 Å². The molecule has 0 aliphatic heterocycles. The number of nitrogens with two attached hydrogens (primary N) is 1. The van der Waals surface area contributed by atoms with Crippen LogP contribution in [0.25, 0.3) is 0 Å². The highest BCUT2D eigenvalue weighted by Crippen LogP contribution is 2.11. The van der Waals surface area contributed by atoms with Gasteiger partial charge in [0.05, 0.1) is 23.7 Å². The molecule has 0 heterocycles. The smallest absolute Gasteiger partial charge is 0.237 e. The molecule has 0 aliphatic rings. The lowest BCUT2D eigenvalue weighted by Crippen LogP contribution is -2.45. The summed E-state index contributed by atoms with van der Waals surface area (Å²) in [6, 6.07) is 8.26. The molecular weight excluding hydrogens is 242 g/mol. The van der Waals surface area contributed by atoms with Crippen molar-refractivity contribution < 1.29 is 9.53 Å². The van der Waals surface area contributed by atoms with Crippen molar-refractivity contribution in [3.8, 4) is 11.8 Å². The van der Waals surface area contributed by atoms with Gasteiger partial charge in [-0.2, -0.15) is 5.26 Å². The van der Waals surface area contributed by atoms with Crippen LogP contribution in [0.3, 0.4) is 0 Å². The van der Waals surface area contributed by atoms with Gasteiger partial charge < -0.3 is 15.8 Å². The Kier molecular flexibility index (Phi) is 5.83. The summed E-state index contributed by atoms with van der Waals surface area (Å²) in [5.41, 5.74) is 6.21. The molecule has 2 atom stereocenters. The molecule has 0 aromatic heterocycles. The minimum absolute atomic E-state index is 0.124. The van der Waals surface area contributed by atoms with E-state index in [0.717, 1.165) is 0 Å². The van der Waals surface area contributed by atoms with Crippen LogP contribution in [-0.4, -0.2) is 24.6 Å². The van der Waals surface area contributed by atoms with E-state index < -0.39 is 6.04 Å². The Morgan fingerprint density at radius 2 is 2.11 bits per heavy atom. The highest BCUT2D eigenvalue weighted by atomic mass is 16.5. The summed E-state index contributed by atoms with van der Waals surface area (Å²) in [5, 5.41) is 11.5. The zero-order valence-corrected chi connectivity index (χ0v) is 11.2. The number of carbonyl (C=O) groups excluding carboxylic acids is 1. The number of nitrogens with zero attached hydrogens (tertiary/aromatic N) is 1. The molecule has 5 heteroatoms. The van der Waals surface area contributed by atoms with Gasteiger partial charge in [0.15, 0.2) is 0 Å². The normalized spacial score (nSPS) is 13.2. The lowest BCUT2D eigenvalue weighted by Gasteiger charge is -2.17. The molecule has 0 radical (unpaired) electrons. The first kappa shape index (κ1) is 15.0. The number of nitriles is 1. The van der Waals surface area contributed by atoms with Crippen LogP contribution in [0.1, 0.15) is 25.8 Å². The van der Waals surface area contributed by atoms with Crippen LogP contribution in [0.4, 0.5) is 0 Å². The quantitative estimate of drug-likeness (QED) is 0.804. The van der Waals surface area contributed by atoms with Gasteiger partial charge in [0.2, 0.25) is 5.91 Å². The van der Waals surface area contributed by atoms with Crippen molar-refractivity contribution in [3.05, 3.63) is 29.8 Å². The highest BCUT2D eigenvalue weighted by molar-refractivity contribution is 5.81. The van der Waals surface area contributed by atoms with E-state index in [1.165, 1.54) is 0 Å². The van der Waals surface area contributed by atoms with Gasteiger partial charge in [0, 0.05) is 0 Å². The Hall–Kier alpha value is -2.06. The molecule has 0 aliphatic carbocycles. The third-order valence-corrected chi connectivity index (χ3v) is 2.65. The topological polar surface area (TPSA) is 88.1 Å². The van der Waals surface area contributed by atoms with Crippen molar-refractivity contribution in [3.63, 3.8) is 0 Å². The summed E-state index contributed by atoms with van der Waals surface area (Å²) in [6.07, 6.45) is 0.606. The van der Waals surface area contributed by atoms with Crippen LogP contribution in [0.5, 0.6) is 5.75 Å². The third kappa shape index (κ3) is 4.98. The van der Waals surface area contributed by atoms with Crippen LogP contribution in [0, 0.1) is 11.3 Å². The van der Waals surface area contributed by atoms with Gasteiger partial charge in [-0.1, -0.05) is 6.92 Å². The number of ether oxygens (including phenoxy) is 1. The standard InChI is InChI=1S/C14H19N3O2/c1-3-13(16)14(18)17-10(2)9-19-12-6-4-11(8-15)5-7-12/h4-7,10,13H,3,9,16H2,1-2H3,(H,17,18). The summed E-state index contributed by atoms with van der Waals surface area (Å²) < 4.78 is 5.52. The number of benzene rings is 1. The lowest BCUT2D eigenvalue weighted by atomic mass is 10.2. The van der Waals surface area contributed by atoms with Crippen molar-refractivity contribution in [2.75, 3.05) is 6.61 Å². The van der Waals surface area contributed by atoms with Gasteiger partial charge in [-0.25, -0.2) is 0 Å². The first-order valence-corrected chi connectivity index (χ1v) is 6.25. The maximum atomic E-state index is 11.6. The second kappa shape index (κ2) is 7.39. The molecule has 5 nitrogen and oxygen atoms in total. The highest BCUT2D eigenvalue weighted by Gasteiger charge is 2.13. The number of amides is 1. The monoisotopic (exact) mass is 261 g/mol. The Morgan fingerprint density at radius 1 is 1.47 bits per heavy atom. The molecule has 0 fully saturated rings. The Morgan fingerprint density at radius 3 is 2.63 bits per heavy atom. The predicted octanol–water partition coefficient (Wildman–Crippen LogP) is 1.18. The van der Waals surface area contributed by atoms with Gasteiger partial charge in [-0.3, -0.25) is 4.79 Å². The molecule has 0 bridgehead atoms. The van der Waals surface area contributed by atoms with E-state index in [1.807, 2.05) is 19.9 Å². The third-order valence-electron chi connectivity index (χ3n) is 2.65. The number of hydrogen-bond acceptors (Lipinski definition) is 4. The summed E-state index contributed by atoms with van der Waals surface area (Å²) >= 11 is 0. The Bertz CT molecular complexity index is 451. The molecule has 1 amide bonds. The second-order valence-electron chi connectivity index (χ2n) is 4.37. The molecule has 2 unspecified atom stereocenters. The van der Waals surface area contributed by atoms with Crippen molar-refractivity contribution in [2.45, 2.75) is 32.4 Å². The Balaban J connectivity index is 2.39. The number of hydrogen-bond donors (Lipinski definition) is 2. The van der Waals surface area contributed by atoms with Gasteiger partial charge >= 0.3 is 0 Å². The zero-order valence-electron chi connectivity index (χ0n) is 11.2. The number of carbonyl (C=O) groups is 1.